The number of hydrogen-bond donors (Lipinski definition) is 1. The van der Waals surface area contributed by atoms with Crippen LogP contribution in [-0.4, -0.2) is 5.11 Å². The third-order valence-electron chi connectivity index (χ3n) is 2.21. The molecule has 0 saturated carbocycles. The predicted molar refractivity (Wildman–Crippen MR) is 63.1 cm³/mol. The van der Waals surface area contributed by atoms with E-state index in [2.05, 4.69) is 22.5 Å². The monoisotopic (exact) mass is 272 g/mol. The van der Waals surface area contributed by atoms with Crippen molar-refractivity contribution in [3.8, 4) is 0 Å². The van der Waals surface area contributed by atoms with Gasteiger partial charge in [0.2, 0.25) is 0 Å². The fraction of sp³-hybridized carbons (Fsp3) is 0.333. The van der Waals surface area contributed by atoms with Crippen molar-refractivity contribution >= 4 is 15.9 Å². The molecular formula is C12H14BrFO. The Balaban J connectivity index is 2.61. The molecule has 1 nitrogen and oxygen atoms in total. The van der Waals surface area contributed by atoms with E-state index in [-0.39, 0.29) is 5.82 Å². The lowest BCUT2D eigenvalue weighted by Crippen LogP contribution is -1.98. The molecule has 0 spiro atoms. The Morgan fingerprint density at radius 2 is 2.27 bits per heavy atom. The minimum atomic E-state index is -0.590. The van der Waals surface area contributed by atoms with Crippen LogP contribution in [0.1, 0.15) is 30.9 Å². The van der Waals surface area contributed by atoms with Gasteiger partial charge in [-0.2, -0.15) is 0 Å². The summed E-state index contributed by atoms with van der Waals surface area (Å²) in [6.07, 6.45) is 3.59. The van der Waals surface area contributed by atoms with Crippen LogP contribution in [0.15, 0.2) is 35.3 Å². The Labute approximate surface area is 97.8 Å². The second-order valence-corrected chi connectivity index (χ2v) is 4.26. The van der Waals surface area contributed by atoms with Crippen LogP contribution < -0.4 is 0 Å². The lowest BCUT2D eigenvalue weighted by Gasteiger charge is -2.10. The molecule has 1 aromatic rings. The molecule has 0 saturated heterocycles. The molecule has 1 atom stereocenters. The van der Waals surface area contributed by atoms with E-state index in [4.69, 9.17) is 0 Å². The van der Waals surface area contributed by atoms with Crippen LogP contribution in [0.5, 0.6) is 0 Å². The quantitative estimate of drug-likeness (QED) is 0.635. The molecule has 0 aliphatic heterocycles. The van der Waals surface area contributed by atoms with Crippen molar-refractivity contribution in [2.75, 3.05) is 0 Å². The molecule has 1 aromatic carbocycles. The number of benzene rings is 1. The van der Waals surface area contributed by atoms with Crippen molar-refractivity contribution in [2.24, 2.45) is 0 Å². The lowest BCUT2D eigenvalue weighted by atomic mass is 10.0. The van der Waals surface area contributed by atoms with E-state index < -0.39 is 6.10 Å². The Morgan fingerprint density at radius 3 is 2.87 bits per heavy atom. The van der Waals surface area contributed by atoms with Gasteiger partial charge in [-0.25, -0.2) is 4.39 Å². The minimum Gasteiger partial charge on any atom is -0.388 e. The summed E-state index contributed by atoms with van der Waals surface area (Å²) < 4.78 is 13.6. The van der Waals surface area contributed by atoms with Crippen molar-refractivity contribution in [3.05, 3.63) is 46.7 Å². The van der Waals surface area contributed by atoms with Crippen LogP contribution >= 0.6 is 15.9 Å². The topological polar surface area (TPSA) is 20.2 Å². The highest BCUT2D eigenvalue weighted by molar-refractivity contribution is 9.10. The summed E-state index contributed by atoms with van der Waals surface area (Å²) in [7, 11) is 0. The molecule has 0 heterocycles. The van der Waals surface area contributed by atoms with Gasteiger partial charge in [0.1, 0.15) is 5.82 Å². The molecule has 0 radical (unpaired) electrons. The molecule has 0 fully saturated rings. The highest BCUT2D eigenvalue weighted by Gasteiger charge is 2.09. The molecule has 3 heteroatoms. The van der Waals surface area contributed by atoms with Gasteiger partial charge in [-0.1, -0.05) is 12.1 Å². The fourth-order valence-electron chi connectivity index (χ4n) is 1.34. The number of aliphatic hydroxyl groups excluding tert-OH is 1. The van der Waals surface area contributed by atoms with Crippen LogP contribution in [0.3, 0.4) is 0 Å². The first kappa shape index (κ1) is 12.4. The number of allylic oxidation sites excluding steroid dienone is 1. The third kappa shape index (κ3) is 3.76. The maximum atomic E-state index is 13.2. The SMILES string of the molecule is C=CCCCC(O)c1ccc(Br)c(F)c1. The Kier molecular flexibility index (Phi) is 4.99. The summed E-state index contributed by atoms with van der Waals surface area (Å²) in [5, 5.41) is 9.75. The van der Waals surface area contributed by atoms with Crippen molar-refractivity contribution in [1.29, 1.82) is 0 Å². The first-order chi connectivity index (χ1) is 7.15. The molecule has 0 amide bonds. The summed E-state index contributed by atoms with van der Waals surface area (Å²) in [4.78, 5) is 0. The van der Waals surface area contributed by atoms with Crippen LogP contribution in [0.25, 0.3) is 0 Å². The average molecular weight is 273 g/mol. The van der Waals surface area contributed by atoms with Gasteiger partial charge in [0.05, 0.1) is 10.6 Å². The van der Waals surface area contributed by atoms with E-state index in [0.29, 0.717) is 16.5 Å². The van der Waals surface area contributed by atoms with E-state index >= 15 is 0 Å². The fourth-order valence-corrected chi connectivity index (χ4v) is 1.59. The number of aliphatic hydroxyl groups is 1. The number of rotatable bonds is 5. The Hall–Kier alpha value is -0.670. The minimum absolute atomic E-state index is 0.338. The van der Waals surface area contributed by atoms with E-state index in [1.807, 2.05) is 6.08 Å². The van der Waals surface area contributed by atoms with E-state index in [1.165, 1.54) is 6.07 Å². The average Bonchev–Trinajstić information content (AvgIpc) is 2.22. The molecule has 1 unspecified atom stereocenters. The van der Waals surface area contributed by atoms with E-state index in [0.717, 1.165) is 12.8 Å². The first-order valence-electron chi connectivity index (χ1n) is 4.89. The van der Waals surface area contributed by atoms with E-state index in [1.54, 1.807) is 12.1 Å². The molecule has 1 N–H and O–H groups in total. The summed E-state index contributed by atoms with van der Waals surface area (Å²) >= 11 is 3.07. The standard InChI is InChI=1S/C12H14BrFO/c1-2-3-4-5-12(15)9-6-7-10(13)11(14)8-9/h2,6-8,12,15H,1,3-5H2. The zero-order chi connectivity index (χ0) is 11.3. The van der Waals surface area contributed by atoms with Crippen molar-refractivity contribution < 1.29 is 9.50 Å². The second-order valence-electron chi connectivity index (χ2n) is 3.41. The van der Waals surface area contributed by atoms with Gasteiger partial charge >= 0.3 is 0 Å². The molecule has 0 bridgehead atoms. The molecule has 0 aliphatic carbocycles. The molecule has 82 valence electrons. The van der Waals surface area contributed by atoms with Crippen molar-refractivity contribution in [1.82, 2.24) is 0 Å². The van der Waals surface area contributed by atoms with Crippen LogP contribution in [0.2, 0.25) is 0 Å². The van der Waals surface area contributed by atoms with Gasteiger partial charge in [-0.15, -0.1) is 6.58 Å². The summed E-state index contributed by atoms with van der Waals surface area (Å²) in [6.45, 7) is 3.61. The van der Waals surface area contributed by atoms with Crippen molar-refractivity contribution in [3.63, 3.8) is 0 Å². The lowest BCUT2D eigenvalue weighted by molar-refractivity contribution is 0.164. The highest BCUT2D eigenvalue weighted by Crippen LogP contribution is 2.23. The molecular weight excluding hydrogens is 259 g/mol. The smallest absolute Gasteiger partial charge is 0.137 e. The third-order valence-corrected chi connectivity index (χ3v) is 2.86. The van der Waals surface area contributed by atoms with Gasteiger partial charge in [-0.05, 0) is 52.9 Å². The van der Waals surface area contributed by atoms with Gasteiger partial charge in [0.15, 0.2) is 0 Å². The molecule has 15 heavy (non-hydrogen) atoms. The van der Waals surface area contributed by atoms with Crippen LogP contribution in [0, 0.1) is 5.82 Å². The zero-order valence-electron chi connectivity index (χ0n) is 8.42. The Morgan fingerprint density at radius 1 is 1.53 bits per heavy atom. The maximum absolute atomic E-state index is 13.2. The van der Waals surface area contributed by atoms with Gasteiger partial charge in [-0.3, -0.25) is 0 Å². The highest BCUT2D eigenvalue weighted by atomic mass is 79.9. The first-order valence-corrected chi connectivity index (χ1v) is 5.68. The van der Waals surface area contributed by atoms with Gasteiger partial charge < -0.3 is 5.11 Å². The summed E-state index contributed by atoms with van der Waals surface area (Å²) in [5.41, 5.74) is 0.625. The molecule has 0 aromatic heterocycles. The summed E-state index contributed by atoms with van der Waals surface area (Å²) in [5.74, 6) is -0.338. The van der Waals surface area contributed by atoms with Crippen LogP contribution in [0.4, 0.5) is 4.39 Å². The normalized spacial score (nSPS) is 12.5. The van der Waals surface area contributed by atoms with E-state index in [9.17, 15) is 9.50 Å². The molecule has 0 aliphatic rings. The second kappa shape index (κ2) is 6.03. The number of hydrogen-bond acceptors (Lipinski definition) is 1. The zero-order valence-corrected chi connectivity index (χ0v) is 10.0. The number of unbranched alkanes of at least 4 members (excludes halogenated alkanes) is 1. The largest absolute Gasteiger partial charge is 0.388 e. The van der Waals surface area contributed by atoms with Gasteiger partial charge in [0, 0.05) is 0 Å². The Bertz CT molecular complexity index is 338. The molecule has 1 rings (SSSR count). The number of halogens is 2. The predicted octanol–water partition coefficient (Wildman–Crippen LogP) is 3.98. The summed E-state index contributed by atoms with van der Waals surface area (Å²) in [6, 6.07) is 4.70. The van der Waals surface area contributed by atoms with Gasteiger partial charge in [0.25, 0.3) is 0 Å². The van der Waals surface area contributed by atoms with Crippen molar-refractivity contribution in [2.45, 2.75) is 25.4 Å². The maximum Gasteiger partial charge on any atom is 0.137 e. The van der Waals surface area contributed by atoms with Crippen LogP contribution in [-0.2, 0) is 0 Å².